The smallest absolute Gasteiger partial charge is 0.250 e. The van der Waals surface area contributed by atoms with Crippen molar-refractivity contribution < 1.29 is 13.6 Å². The fourth-order valence-electron chi connectivity index (χ4n) is 2.71. The van der Waals surface area contributed by atoms with Gasteiger partial charge < -0.3 is 10.2 Å². The molecule has 0 bridgehead atoms. The highest BCUT2D eigenvalue weighted by molar-refractivity contribution is 5.76. The van der Waals surface area contributed by atoms with Crippen LogP contribution in [0.3, 0.4) is 0 Å². The molecule has 0 spiro atoms. The minimum absolute atomic E-state index is 0.0127. The Hall–Kier alpha value is -0.710. The topological polar surface area (TPSA) is 32.3 Å². The number of alkyl halides is 2. The Morgan fingerprint density at radius 1 is 1.25 bits per heavy atom. The maximum absolute atomic E-state index is 12.3. The molecule has 0 radical (unpaired) electrons. The number of nitrogens with one attached hydrogen (secondary N) is 1. The summed E-state index contributed by atoms with van der Waals surface area (Å²) in [6.07, 6.45) is -0.934. The van der Waals surface area contributed by atoms with Gasteiger partial charge in [-0.05, 0) is 24.2 Å². The molecule has 1 amide bonds. The van der Waals surface area contributed by atoms with E-state index in [-0.39, 0.29) is 18.5 Å². The molecule has 0 aliphatic carbocycles. The summed E-state index contributed by atoms with van der Waals surface area (Å²) < 4.78 is 24.7. The number of rotatable bonds is 6. The van der Waals surface area contributed by atoms with Gasteiger partial charge in [0.05, 0.1) is 6.54 Å². The number of piperidine rings is 1. The van der Waals surface area contributed by atoms with E-state index in [1.807, 2.05) is 18.7 Å². The van der Waals surface area contributed by atoms with Gasteiger partial charge in [0.25, 0.3) is 6.43 Å². The lowest BCUT2D eigenvalue weighted by Crippen LogP contribution is -2.53. The summed E-state index contributed by atoms with van der Waals surface area (Å²) in [6, 6.07) is -0.0127. The van der Waals surface area contributed by atoms with Crippen molar-refractivity contribution in [1.82, 2.24) is 10.2 Å². The van der Waals surface area contributed by atoms with Crippen LogP contribution in [0.4, 0.5) is 8.78 Å². The maximum Gasteiger partial charge on any atom is 0.250 e. The summed E-state index contributed by atoms with van der Waals surface area (Å²) in [4.78, 5) is 14.1. The second-order valence-corrected chi connectivity index (χ2v) is 6.63. The largest absolute Gasteiger partial charge is 0.341 e. The third-order valence-electron chi connectivity index (χ3n) is 3.92. The number of likely N-dealkylation sites (tertiary alicyclic amines) is 1. The van der Waals surface area contributed by atoms with E-state index in [4.69, 9.17) is 0 Å². The Labute approximate surface area is 121 Å². The number of nitrogens with zero attached hydrogens (tertiary/aromatic N) is 1. The molecule has 1 heterocycles. The first kappa shape index (κ1) is 17.3. The van der Waals surface area contributed by atoms with Gasteiger partial charge >= 0.3 is 0 Å². The first-order chi connectivity index (χ1) is 9.29. The van der Waals surface area contributed by atoms with Gasteiger partial charge in [-0.1, -0.05) is 27.7 Å². The van der Waals surface area contributed by atoms with Gasteiger partial charge in [0.1, 0.15) is 0 Å². The Morgan fingerprint density at radius 3 is 2.40 bits per heavy atom. The first-order valence-corrected chi connectivity index (χ1v) is 7.58. The number of halogens is 2. The summed E-state index contributed by atoms with van der Waals surface area (Å²) in [7, 11) is 0. The minimum atomic E-state index is -2.34. The maximum atomic E-state index is 12.3. The second kappa shape index (κ2) is 7.91. The van der Waals surface area contributed by atoms with Crippen LogP contribution < -0.4 is 5.32 Å². The molecule has 1 N–H and O–H groups in total. The summed E-state index contributed by atoms with van der Waals surface area (Å²) in [6.45, 7) is 9.33. The summed E-state index contributed by atoms with van der Waals surface area (Å²) in [5.41, 5.74) is 0. The lowest BCUT2D eigenvalue weighted by atomic mass is 9.85. The molecule has 0 saturated carbocycles. The van der Waals surface area contributed by atoms with Crippen LogP contribution in [0, 0.1) is 17.8 Å². The Kier molecular flexibility index (Phi) is 6.86. The van der Waals surface area contributed by atoms with E-state index in [2.05, 4.69) is 19.2 Å². The van der Waals surface area contributed by atoms with Crippen molar-refractivity contribution >= 4 is 5.91 Å². The second-order valence-electron chi connectivity index (χ2n) is 6.63. The summed E-state index contributed by atoms with van der Waals surface area (Å²) in [5.74, 6) is 1.32. The van der Waals surface area contributed by atoms with Gasteiger partial charge in [0.2, 0.25) is 5.91 Å². The van der Waals surface area contributed by atoms with Crippen molar-refractivity contribution in [2.45, 2.75) is 53.0 Å². The molecule has 2 unspecified atom stereocenters. The molecule has 2 atom stereocenters. The molecule has 0 aromatic rings. The highest BCUT2D eigenvalue weighted by Gasteiger charge is 2.31. The van der Waals surface area contributed by atoms with Gasteiger partial charge in [-0.15, -0.1) is 0 Å². The average Bonchev–Trinajstić information content (AvgIpc) is 2.35. The minimum Gasteiger partial charge on any atom is -0.341 e. The predicted molar refractivity (Wildman–Crippen MR) is 76.8 cm³/mol. The van der Waals surface area contributed by atoms with E-state index in [0.29, 0.717) is 30.7 Å². The standard InChI is InChI=1S/C15H28F2N2O/c1-10(2)5-15(20)19-8-12(11(3)4)6-13(9-19)18-7-14(16)17/h10-14,18H,5-9H2,1-4H3. The predicted octanol–water partition coefficient (Wildman–Crippen LogP) is 2.76. The molecule has 0 aromatic heterocycles. The monoisotopic (exact) mass is 290 g/mol. The summed E-state index contributed by atoms with van der Waals surface area (Å²) in [5, 5.41) is 2.90. The van der Waals surface area contributed by atoms with E-state index in [1.165, 1.54) is 0 Å². The van der Waals surface area contributed by atoms with Gasteiger partial charge in [0.15, 0.2) is 0 Å². The Bertz CT molecular complexity index is 308. The van der Waals surface area contributed by atoms with Crippen molar-refractivity contribution in [2.75, 3.05) is 19.6 Å². The van der Waals surface area contributed by atoms with Crippen LogP contribution >= 0.6 is 0 Å². The van der Waals surface area contributed by atoms with Crippen molar-refractivity contribution in [1.29, 1.82) is 0 Å². The van der Waals surface area contributed by atoms with Crippen LogP contribution in [0.15, 0.2) is 0 Å². The molecule has 118 valence electrons. The van der Waals surface area contributed by atoms with Crippen LogP contribution in [0.5, 0.6) is 0 Å². The van der Waals surface area contributed by atoms with Crippen LogP contribution in [0.1, 0.15) is 40.5 Å². The average molecular weight is 290 g/mol. The lowest BCUT2D eigenvalue weighted by Gasteiger charge is -2.40. The van der Waals surface area contributed by atoms with Crippen LogP contribution in [0.2, 0.25) is 0 Å². The number of carbonyl (C=O) groups excluding carboxylic acids is 1. The molecule has 3 nitrogen and oxygen atoms in total. The lowest BCUT2D eigenvalue weighted by molar-refractivity contribution is -0.134. The fraction of sp³-hybridized carbons (Fsp3) is 0.933. The van der Waals surface area contributed by atoms with Crippen molar-refractivity contribution in [3.8, 4) is 0 Å². The number of hydrogen-bond acceptors (Lipinski definition) is 2. The van der Waals surface area contributed by atoms with E-state index in [1.54, 1.807) is 0 Å². The highest BCUT2D eigenvalue weighted by Crippen LogP contribution is 2.25. The molecule has 1 aliphatic heterocycles. The van der Waals surface area contributed by atoms with Crippen LogP contribution in [-0.2, 0) is 4.79 Å². The quantitative estimate of drug-likeness (QED) is 0.816. The first-order valence-electron chi connectivity index (χ1n) is 7.58. The fourth-order valence-corrected chi connectivity index (χ4v) is 2.71. The Balaban J connectivity index is 2.62. The molecule has 0 aromatic carbocycles. The molecular weight excluding hydrogens is 262 g/mol. The molecule has 1 aliphatic rings. The highest BCUT2D eigenvalue weighted by atomic mass is 19.3. The van der Waals surface area contributed by atoms with E-state index in [0.717, 1.165) is 13.0 Å². The van der Waals surface area contributed by atoms with Crippen molar-refractivity contribution in [2.24, 2.45) is 17.8 Å². The molecule has 1 rings (SSSR count). The third kappa shape index (κ3) is 5.73. The number of amides is 1. The van der Waals surface area contributed by atoms with E-state index < -0.39 is 6.43 Å². The van der Waals surface area contributed by atoms with Gasteiger partial charge in [-0.3, -0.25) is 4.79 Å². The molecule has 20 heavy (non-hydrogen) atoms. The molecule has 1 fully saturated rings. The van der Waals surface area contributed by atoms with Gasteiger partial charge in [-0.2, -0.15) is 0 Å². The zero-order chi connectivity index (χ0) is 15.3. The van der Waals surface area contributed by atoms with E-state index in [9.17, 15) is 13.6 Å². The van der Waals surface area contributed by atoms with Gasteiger partial charge in [0, 0.05) is 25.6 Å². The molecule has 1 saturated heterocycles. The van der Waals surface area contributed by atoms with Crippen molar-refractivity contribution in [3.63, 3.8) is 0 Å². The van der Waals surface area contributed by atoms with Crippen molar-refractivity contribution in [3.05, 3.63) is 0 Å². The third-order valence-corrected chi connectivity index (χ3v) is 3.92. The molecular formula is C15H28F2N2O. The zero-order valence-corrected chi connectivity index (χ0v) is 13.0. The summed E-state index contributed by atoms with van der Waals surface area (Å²) >= 11 is 0. The Morgan fingerprint density at radius 2 is 1.90 bits per heavy atom. The molecule has 5 heteroatoms. The van der Waals surface area contributed by atoms with Gasteiger partial charge in [-0.25, -0.2) is 8.78 Å². The SMILES string of the molecule is CC(C)CC(=O)N1CC(NCC(F)F)CC(C(C)C)C1. The van der Waals surface area contributed by atoms with E-state index >= 15 is 0 Å². The number of carbonyl (C=O) groups is 1. The normalized spacial score (nSPS) is 23.9. The van der Waals surface area contributed by atoms with Crippen LogP contribution in [-0.4, -0.2) is 42.9 Å². The zero-order valence-electron chi connectivity index (χ0n) is 13.0. The number of hydrogen-bond donors (Lipinski definition) is 1. The van der Waals surface area contributed by atoms with Crippen LogP contribution in [0.25, 0.3) is 0 Å².